The predicted octanol–water partition coefficient (Wildman–Crippen LogP) is 4.18. The number of rotatable bonds is 4. The van der Waals surface area contributed by atoms with E-state index in [1.165, 1.54) is 12.8 Å². The summed E-state index contributed by atoms with van der Waals surface area (Å²) in [6.45, 7) is 4.52. The van der Waals surface area contributed by atoms with E-state index in [4.69, 9.17) is 15.2 Å². The fourth-order valence-electron chi connectivity index (χ4n) is 3.53. The smallest absolute Gasteiger partial charge is 0.233 e. The quantitative estimate of drug-likeness (QED) is 0.856. The van der Waals surface area contributed by atoms with Gasteiger partial charge in [-0.3, -0.25) is 0 Å². The van der Waals surface area contributed by atoms with Gasteiger partial charge < -0.3 is 10.3 Å². The number of nitrogens with two attached hydrogens (primary N) is 1. The third-order valence-electron chi connectivity index (χ3n) is 4.41. The Labute approximate surface area is 125 Å². The number of nitrogen functional groups attached to an aromatic ring is 1. The second kappa shape index (κ2) is 5.51. The van der Waals surface area contributed by atoms with Crippen molar-refractivity contribution >= 4 is 5.69 Å². The van der Waals surface area contributed by atoms with E-state index in [0.717, 1.165) is 36.4 Å². The first-order valence-corrected chi connectivity index (χ1v) is 7.79. The van der Waals surface area contributed by atoms with E-state index in [1.54, 1.807) is 0 Å². The molecule has 0 radical (unpaired) electrons. The molecular weight excluding hydrogens is 262 g/mol. The highest BCUT2D eigenvalue weighted by Crippen LogP contribution is 2.45. The minimum absolute atomic E-state index is 0.0905. The highest BCUT2D eigenvalue weighted by atomic mass is 16.5. The lowest BCUT2D eigenvalue weighted by atomic mass is 9.78. The standard InChI is InChI=1S/C17H23N3O/c1-12(2)11-17(9-3-4-10-17)16-19-15(20-21-16)13-5-7-14(18)8-6-13/h5-8,12H,3-4,9-11,18H2,1-2H3. The van der Waals surface area contributed by atoms with E-state index >= 15 is 0 Å². The second-order valence-corrected chi connectivity index (χ2v) is 6.63. The van der Waals surface area contributed by atoms with Crippen LogP contribution < -0.4 is 5.73 Å². The average Bonchev–Trinajstić information content (AvgIpc) is 3.08. The molecule has 0 amide bonds. The van der Waals surface area contributed by atoms with Crippen LogP contribution in [0.3, 0.4) is 0 Å². The number of anilines is 1. The minimum Gasteiger partial charge on any atom is -0.399 e. The molecule has 3 rings (SSSR count). The summed E-state index contributed by atoms with van der Waals surface area (Å²) in [6.07, 6.45) is 5.96. The molecule has 2 N–H and O–H groups in total. The largest absolute Gasteiger partial charge is 0.399 e. The van der Waals surface area contributed by atoms with Crippen LogP contribution in [0.15, 0.2) is 28.8 Å². The maximum atomic E-state index is 5.72. The van der Waals surface area contributed by atoms with Gasteiger partial charge in [-0.05, 0) is 49.4 Å². The zero-order valence-electron chi connectivity index (χ0n) is 12.8. The van der Waals surface area contributed by atoms with Crippen LogP contribution in [0.2, 0.25) is 0 Å². The first-order chi connectivity index (χ1) is 10.1. The first-order valence-electron chi connectivity index (χ1n) is 7.79. The summed E-state index contributed by atoms with van der Waals surface area (Å²) in [5.41, 5.74) is 7.51. The van der Waals surface area contributed by atoms with E-state index in [-0.39, 0.29) is 5.41 Å². The Bertz CT molecular complexity index is 595. The molecule has 0 atom stereocenters. The van der Waals surface area contributed by atoms with Crippen molar-refractivity contribution in [3.05, 3.63) is 30.2 Å². The van der Waals surface area contributed by atoms with Crippen LogP contribution >= 0.6 is 0 Å². The maximum absolute atomic E-state index is 5.72. The third-order valence-corrected chi connectivity index (χ3v) is 4.41. The van der Waals surface area contributed by atoms with Crippen molar-refractivity contribution < 1.29 is 4.52 Å². The number of nitrogens with zero attached hydrogens (tertiary/aromatic N) is 2. The Morgan fingerprint density at radius 1 is 1.19 bits per heavy atom. The van der Waals surface area contributed by atoms with Gasteiger partial charge in [0, 0.05) is 16.7 Å². The van der Waals surface area contributed by atoms with Crippen LogP contribution in [0.5, 0.6) is 0 Å². The van der Waals surface area contributed by atoms with Gasteiger partial charge in [0.05, 0.1) is 0 Å². The second-order valence-electron chi connectivity index (χ2n) is 6.63. The summed E-state index contributed by atoms with van der Waals surface area (Å²) >= 11 is 0. The van der Waals surface area contributed by atoms with Crippen LogP contribution in [-0.4, -0.2) is 10.1 Å². The van der Waals surface area contributed by atoms with E-state index < -0.39 is 0 Å². The van der Waals surface area contributed by atoms with Gasteiger partial charge in [-0.1, -0.05) is 31.8 Å². The molecule has 1 aromatic carbocycles. The van der Waals surface area contributed by atoms with Gasteiger partial charge in [0.15, 0.2) is 0 Å². The molecule has 0 spiro atoms. The van der Waals surface area contributed by atoms with Crippen molar-refractivity contribution in [1.29, 1.82) is 0 Å². The summed E-state index contributed by atoms with van der Waals surface area (Å²) in [5, 5.41) is 4.19. The lowest BCUT2D eigenvalue weighted by Gasteiger charge is -2.26. The Balaban J connectivity index is 1.91. The van der Waals surface area contributed by atoms with Gasteiger partial charge in [0.1, 0.15) is 0 Å². The Morgan fingerprint density at radius 2 is 1.86 bits per heavy atom. The van der Waals surface area contributed by atoms with E-state index in [2.05, 4.69) is 19.0 Å². The minimum atomic E-state index is 0.0905. The molecule has 1 aliphatic rings. The predicted molar refractivity (Wildman–Crippen MR) is 83.7 cm³/mol. The molecule has 0 aliphatic heterocycles. The molecule has 0 unspecified atom stereocenters. The molecule has 0 saturated heterocycles. The van der Waals surface area contributed by atoms with Gasteiger partial charge >= 0.3 is 0 Å². The van der Waals surface area contributed by atoms with Crippen LogP contribution in [-0.2, 0) is 5.41 Å². The van der Waals surface area contributed by atoms with Crippen molar-refractivity contribution in [2.45, 2.75) is 51.4 Å². The zero-order chi connectivity index (χ0) is 14.9. The Kier molecular flexibility index (Phi) is 3.70. The SMILES string of the molecule is CC(C)CC1(c2nc(-c3ccc(N)cc3)no2)CCCC1. The number of hydrogen-bond donors (Lipinski definition) is 1. The highest BCUT2D eigenvalue weighted by molar-refractivity contribution is 5.58. The van der Waals surface area contributed by atoms with E-state index in [1.807, 2.05) is 24.3 Å². The van der Waals surface area contributed by atoms with Crippen molar-refractivity contribution in [1.82, 2.24) is 10.1 Å². The molecule has 1 saturated carbocycles. The maximum Gasteiger partial charge on any atom is 0.233 e. The average molecular weight is 285 g/mol. The summed E-state index contributed by atoms with van der Waals surface area (Å²) in [4.78, 5) is 4.70. The van der Waals surface area contributed by atoms with Crippen molar-refractivity contribution in [3.63, 3.8) is 0 Å². The van der Waals surface area contributed by atoms with Gasteiger partial charge in [0.2, 0.25) is 11.7 Å². The van der Waals surface area contributed by atoms with E-state index in [9.17, 15) is 0 Å². The normalized spacial score (nSPS) is 17.5. The number of benzene rings is 1. The Hall–Kier alpha value is -1.84. The molecule has 1 fully saturated rings. The molecule has 1 aromatic heterocycles. The highest BCUT2D eigenvalue weighted by Gasteiger charge is 2.41. The third kappa shape index (κ3) is 2.80. The first kappa shape index (κ1) is 14.1. The van der Waals surface area contributed by atoms with Crippen molar-refractivity contribution in [2.75, 3.05) is 5.73 Å². The van der Waals surface area contributed by atoms with Crippen molar-refractivity contribution in [2.24, 2.45) is 5.92 Å². The lowest BCUT2D eigenvalue weighted by molar-refractivity contribution is 0.244. The monoisotopic (exact) mass is 285 g/mol. The lowest BCUT2D eigenvalue weighted by Crippen LogP contribution is -2.24. The van der Waals surface area contributed by atoms with Gasteiger partial charge in [-0.25, -0.2) is 0 Å². The summed E-state index contributed by atoms with van der Waals surface area (Å²) < 4.78 is 5.65. The molecule has 112 valence electrons. The topological polar surface area (TPSA) is 64.9 Å². The van der Waals surface area contributed by atoms with Gasteiger partial charge in [0.25, 0.3) is 0 Å². The van der Waals surface area contributed by atoms with Gasteiger partial charge in [-0.15, -0.1) is 0 Å². The van der Waals surface area contributed by atoms with Crippen LogP contribution in [0, 0.1) is 5.92 Å². The zero-order valence-corrected chi connectivity index (χ0v) is 12.8. The van der Waals surface area contributed by atoms with E-state index in [0.29, 0.717) is 11.7 Å². The molecule has 4 nitrogen and oxygen atoms in total. The molecule has 4 heteroatoms. The summed E-state index contributed by atoms with van der Waals surface area (Å²) in [5.74, 6) is 2.12. The molecule has 1 heterocycles. The van der Waals surface area contributed by atoms with Crippen LogP contribution in [0.1, 0.15) is 51.8 Å². The fourth-order valence-corrected chi connectivity index (χ4v) is 3.53. The van der Waals surface area contributed by atoms with Crippen LogP contribution in [0.4, 0.5) is 5.69 Å². The molecule has 1 aliphatic carbocycles. The van der Waals surface area contributed by atoms with Crippen molar-refractivity contribution in [3.8, 4) is 11.4 Å². The number of aromatic nitrogens is 2. The van der Waals surface area contributed by atoms with Crippen LogP contribution in [0.25, 0.3) is 11.4 Å². The summed E-state index contributed by atoms with van der Waals surface area (Å²) in [7, 11) is 0. The fraction of sp³-hybridized carbons (Fsp3) is 0.529. The van der Waals surface area contributed by atoms with Gasteiger partial charge in [-0.2, -0.15) is 4.98 Å². The summed E-state index contributed by atoms with van der Waals surface area (Å²) in [6, 6.07) is 7.61. The molecule has 0 bridgehead atoms. The Morgan fingerprint density at radius 3 is 2.48 bits per heavy atom. The number of hydrogen-bond acceptors (Lipinski definition) is 4. The molecule has 2 aromatic rings. The molecular formula is C17H23N3O. The molecule has 21 heavy (non-hydrogen) atoms.